The Bertz CT molecular complexity index is 593. The van der Waals surface area contributed by atoms with Crippen molar-refractivity contribution in [3.63, 3.8) is 0 Å². The second-order valence-corrected chi connectivity index (χ2v) is 3.86. The zero-order valence-electron chi connectivity index (χ0n) is 9.13. The van der Waals surface area contributed by atoms with Crippen LogP contribution in [0.25, 0.3) is 10.8 Å². The number of aliphatic carboxylic acids is 1. The lowest BCUT2D eigenvalue weighted by Crippen LogP contribution is -2.14. The number of carboxylic acids is 1. The van der Waals surface area contributed by atoms with Gasteiger partial charge in [-0.25, -0.2) is 0 Å². The molecule has 0 radical (unpaired) electrons. The van der Waals surface area contributed by atoms with Crippen molar-refractivity contribution in [3.05, 3.63) is 48.0 Å². The van der Waals surface area contributed by atoms with Gasteiger partial charge in [-0.05, 0) is 22.8 Å². The summed E-state index contributed by atoms with van der Waals surface area (Å²) in [4.78, 5) is 10.8. The van der Waals surface area contributed by atoms with E-state index in [1.165, 1.54) is 0 Å². The highest BCUT2D eigenvalue weighted by Gasteiger charge is 2.17. The van der Waals surface area contributed by atoms with Gasteiger partial charge in [-0.1, -0.05) is 42.5 Å². The highest BCUT2D eigenvalue weighted by molar-refractivity contribution is 5.86. The Labute approximate surface area is 98.9 Å². The van der Waals surface area contributed by atoms with Crippen LogP contribution in [0.3, 0.4) is 0 Å². The number of carboxylic acid groups (broad SMARTS) is 1. The Balaban J connectivity index is 2.43. The summed E-state index contributed by atoms with van der Waals surface area (Å²) in [6.45, 7) is 0. The van der Waals surface area contributed by atoms with E-state index < -0.39 is 11.9 Å². The largest absolute Gasteiger partial charge is 0.480 e. The summed E-state index contributed by atoms with van der Waals surface area (Å²) in [5.41, 5.74) is 0.900. The van der Waals surface area contributed by atoms with Crippen molar-refractivity contribution in [2.24, 2.45) is 5.92 Å². The molecule has 0 bridgehead atoms. The predicted octanol–water partition coefficient (Wildman–Crippen LogP) is 2.61. The fourth-order valence-electron chi connectivity index (χ4n) is 1.88. The molecule has 0 fully saturated rings. The first-order valence-electron chi connectivity index (χ1n) is 5.31. The molecule has 3 heteroatoms. The second kappa shape index (κ2) is 4.67. The van der Waals surface area contributed by atoms with Gasteiger partial charge in [0.1, 0.15) is 5.92 Å². The van der Waals surface area contributed by atoms with E-state index in [1.54, 1.807) is 0 Å². The minimum Gasteiger partial charge on any atom is -0.480 e. The first-order valence-corrected chi connectivity index (χ1v) is 5.31. The third kappa shape index (κ3) is 2.26. The van der Waals surface area contributed by atoms with E-state index in [4.69, 9.17) is 10.4 Å². The van der Waals surface area contributed by atoms with Gasteiger partial charge in [0, 0.05) is 0 Å². The van der Waals surface area contributed by atoms with Crippen molar-refractivity contribution in [1.82, 2.24) is 0 Å². The Kier molecular flexibility index (Phi) is 3.06. The smallest absolute Gasteiger partial charge is 0.321 e. The average molecular weight is 225 g/mol. The fraction of sp³-hybridized carbons (Fsp3) is 0.143. The Morgan fingerprint density at radius 3 is 2.65 bits per heavy atom. The normalized spacial score (nSPS) is 11.9. The molecule has 0 saturated heterocycles. The molecule has 0 aliphatic carbocycles. The van der Waals surface area contributed by atoms with Crippen molar-refractivity contribution in [3.8, 4) is 6.07 Å². The van der Waals surface area contributed by atoms with Crippen LogP contribution >= 0.6 is 0 Å². The molecule has 0 spiro atoms. The molecule has 0 amide bonds. The number of fused-ring (bicyclic) bond motifs is 1. The number of benzene rings is 2. The van der Waals surface area contributed by atoms with E-state index >= 15 is 0 Å². The van der Waals surface area contributed by atoms with Crippen LogP contribution in [0.2, 0.25) is 0 Å². The van der Waals surface area contributed by atoms with Gasteiger partial charge in [0.15, 0.2) is 0 Å². The minimum absolute atomic E-state index is 0.243. The van der Waals surface area contributed by atoms with Crippen LogP contribution < -0.4 is 0 Å². The third-order valence-electron chi connectivity index (χ3n) is 2.76. The molecule has 17 heavy (non-hydrogen) atoms. The Hall–Kier alpha value is -2.34. The average Bonchev–Trinajstić information content (AvgIpc) is 2.35. The monoisotopic (exact) mass is 225 g/mol. The zero-order chi connectivity index (χ0) is 12.3. The van der Waals surface area contributed by atoms with Crippen molar-refractivity contribution < 1.29 is 9.90 Å². The van der Waals surface area contributed by atoms with Gasteiger partial charge in [0.05, 0.1) is 6.07 Å². The molecular weight excluding hydrogens is 214 g/mol. The Morgan fingerprint density at radius 1 is 1.24 bits per heavy atom. The summed E-state index contributed by atoms with van der Waals surface area (Å²) in [5, 5.41) is 19.8. The van der Waals surface area contributed by atoms with Gasteiger partial charge < -0.3 is 5.11 Å². The molecule has 2 aromatic rings. The van der Waals surface area contributed by atoms with Crippen LogP contribution in [0, 0.1) is 17.2 Å². The van der Waals surface area contributed by atoms with Crippen LogP contribution in [0.15, 0.2) is 42.5 Å². The van der Waals surface area contributed by atoms with E-state index in [0.29, 0.717) is 0 Å². The molecular formula is C14H11NO2. The highest BCUT2D eigenvalue weighted by atomic mass is 16.4. The lowest BCUT2D eigenvalue weighted by Gasteiger charge is -2.07. The summed E-state index contributed by atoms with van der Waals surface area (Å²) in [6, 6.07) is 15.3. The maximum Gasteiger partial charge on any atom is 0.321 e. The lowest BCUT2D eigenvalue weighted by atomic mass is 9.96. The van der Waals surface area contributed by atoms with Crippen molar-refractivity contribution in [2.75, 3.05) is 0 Å². The summed E-state index contributed by atoms with van der Waals surface area (Å²) < 4.78 is 0. The number of nitriles is 1. The molecule has 3 nitrogen and oxygen atoms in total. The molecule has 0 aromatic heterocycles. The third-order valence-corrected chi connectivity index (χ3v) is 2.76. The standard InChI is InChI=1S/C14H11NO2/c15-9-12(14(16)17)8-11-6-3-5-10-4-1-2-7-13(10)11/h1-7,12H,8H2,(H,16,17). The SMILES string of the molecule is N#CC(Cc1cccc2ccccc12)C(=O)O. The first-order chi connectivity index (χ1) is 8.22. The molecule has 0 heterocycles. The van der Waals surface area contributed by atoms with Gasteiger partial charge in [-0.2, -0.15) is 5.26 Å². The summed E-state index contributed by atoms with van der Waals surface area (Å²) >= 11 is 0. The quantitative estimate of drug-likeness (QED) is 0.873. The minimum atomic E-state index is -1.07. The predicted molar refractivity (Wildman–Crippen MR) is 64.4 cm³/mol. The molecule has 2 rings (SSSR count). The summed E-state index contributed by atoms with van der Waals surface area (Å²) in [7, 11) is 0. The Morgan fingerprint density at radius 2 is 1.94 bits per heavy atom. The van der Waals surface area contributed by atoms with Crippen molar-refractivity contribution in [2.45, 2.75) is 6.42 Å². The number of rotatable bonds is 3. The van der Waals surface area contributed by atoms with Gasteiger partial charge >= 0.3 is 5.97 Å². The number of nitrogens with zero attached hydrogens (tertiary/aromatic N) is 1. The molecule has 84 valence electrons. The number of hydrogen-bond acceptors (Lipinski definition) is 2. The maximum absolute atomic E-state index is 10.8. The summed E-state index contributed by atoms with van der Waals surface area (Å²) in [5.74, 6) is -2.05. The van der Waals surface area contributed by atoms with Crippen molar-refractivity contribution >= 4 is 16.7 Å². The van der Waals surface area contributed by atoms with Crippen LogP contribution in [-0.4, -0.2) is 11.1 Å². The van der Waals surface area contributed by atoms with E-state index in [0.717, 1.165) is 16.3 Å². The molecule has 2 aromatic carbocycles. The molecule has 1 atom stereocenters. The highest BCUT2D eigenvalue weighted by Crippen LogP contribution is 2.21. The first kappa shape index (κ1) is 11.2. The van der Waals surface area contributed by atoms with E-state index in [1.807, 2.05) is 48.5 Å². The molecule has 0 saturated carbocycles. The van der Waals surface area contributed by atoms with Gasteiger partial charge in [0.2, 0.25) is 0 Å². The van der Waals surface area contributed by atoms with Crippen LogP contribution in [0.1, 0.15) is 5.56 Å². The lowest BCUT2D eigenvalue weighted by molar-refractivity contribution is -0.139. The molecule has 0 aliphatic heterocycles. The fourth-order valence-corrected chi connectivity index (χ4v) is 1.88. The maximum atomic E-state index is 10.8. The number of hydrogen-bond donors (Lipinski definition) is 1. The van der Waals surface area contributed by atoms with Crippen molar-refractivity contribution in [1.29, 1.82) is 5.26 Å². The van der Waals surface area contributed by atoms with Crippen LogP contribution in [0.4, 0.5) is 0 Å². The zero-order valence-corrected chi connectivity index (χ0v) is 9.13. The molecule has 0 aliphatic rings. The van der Waals surface area contributed by atoms with Crippen LogP contribution in [0.5, 0.6) is 0 Å². The van der Waals surface area contributed by atoms with E-state index in [-0.39, 0.29) is 6.42 Å². The molecule has 1 unspecified atom stereocenters. The van der Waals surface area contributed by atoms with Crippen LogP contribution in [-0.2, 0) is 11.2 Å². The van der Waals surface area contributed by atoms with Gasteiger partial charge in [-0.15, -0.1) is 0 Å². The summed E-state index contributed by atoms with van der Waals surface area (Å²) in [6.07, 6.45) is 0.243. The van der Waals surface area contributed by atoms with E-state index in [9.17, 15) is 4.79 Å². The number of carbonyl (C=O) groups is 1. The second-order valence-electron chi connectivity index (χ2n) is 3.86. The van der Waals surface area contributed by atoms with Gasteiger partial charge in [0.25, 0.3) is 0 Å². The van der Waals surface area contributed by atoms with Gasteiger partial charge in [-0.3, -0.25) is 4.79 Å². The topological polar surface area (TPSA) is 61.1 Å². The van der Waals surface area contributed by atoms with E-state index in [2.05, 4.69) is 0 Å². The molecule has 1 N–H and O–H groups in total.